The summed E-state index contributed by atoms with van der Waals surface area (Å²) in [4.78, 5) is 5.23. The van der Waals surface area contributed by atoms with Gasteiger partial charge in [-0.15, -0.1) is 0 Å². The van der Waals surface area contributed by atoms with E-state index in [4.69, 9.17) is 10.4 Å². The normalized spacial score (nSPS) is 12.8. The molecular formula is C29H35N2P. The lowest BCUT2D eigenvalue weighted by Crippen LogP contribution is -2.31. The van der Waals surface area contributed by atoms with E-state index in [0.717, 1.165) is 22.5 Å². The van der Waals surface area contributed by atoms with Crippen LogP contribution in [-0.2, 0) is 0 Å². The second kappa shape index (κ2) is 9.92. The summed E-state index contributed by atoms with van der Waals surface area (Å²) >= 11 is 0. The third-order valence-corrected chi connectivity index (χ3v) is 8.84. The maximum atomic E-state index is 8.74. The van der Waals surface area contributed by atoms with E-state index in [1.165, 1.54) is 5.30 Å². The second-order valence-electron chi connectivity index (χ2n) is 10.1. The molecule has 0 aliphatic carbocycles. The Bertz CT molecular complexity index is 1060. The van der Waals surface area contributed by atoms with Gasteiger partial charge in [-0.3, -0.25) is 4.99 Å². The summed E-state index contributed by atoms with van der Waals surface area (Å²) < 4.78 is 0. The summed E-state index contributed by atoms with van der Waals surface area (Å²) in [6.07, 6.45) is 0.491. The van der Waals surface area contributed by atoms with E-state index in [1.807, 2.05) is 48.5 Å². The SMILES string of the molecule is CC(C)(C)P(c1ccccc1N=C(CC(=N)c1ccccc1)c1ccccc1)C(C)(C)C. The molecular weight excluding hydrogens is 407 g/mol. The Balaban J connectivity index is 2.12. The number of nitrogens with one attached hydrogen (secondary N) is 1. The highest BCUT2D eigenvalue weighted by Crippen LogP contribution is 2.59. The molecule has 3 aromatic rings. The monoisotopic (exact) mass is 442 g/mol. The van der Waals surface area contributed by atoms with E-state index in [1.54, 1.807) is 0 Å². The van der Waals surface area contributed by atoms with Gasteiger partial charge in [0, 0.05) is 17.4 Å². The van der Waals surface area contributed by atoms with Crippen LogP contribution in [0, 0.1) is 5.41 Å². The Morgan fingerprint density at radius 1 is 0.688 bits per heavy atom. The molecule has 0 aromatic heterocycles. The molecule has 0 saturated carbocycles. The van der Waals surface area contributed by atoms with Crippen molar-refractivity contribution in [3.05, 3.63) is 96.1 Å². The molecule has 0 bridgehead atoms. The summed E-state index contributed by atoms with van der Waals surface area (Å²) in [5, 5.41) is 10.4. The van der Waals surface area contributed by atoms with Gasteiger partial charge in [0.05, 0.1) is 11.4 Å². The Hall–Kier alpha value is -2.57. The molecule has 0 fully saturated rings. The first-order valence-electron chi connectivity index (χ1n) is 11.2. The van der Waals surface area contributed by atoms with Crippen LogP contribution in [0.1, 0.15) is 59.1 Å². The minimum absolute atomic E-state index is 0.156. The lowest BCUT2D eigenvalue weighted by atomic mass is 10.00. The Morgan fingerprint density at radius 2 is 1.16 bits per heavy atom. The van der Waals surface area contributed by atoms with Gasteiger partial charge < -0.3 is 5.41 Å². The van der Waals surface area contributed by atoms with Gasteiger partial charge in [-0.25, -0.2) is 0 Å². The van der Waals surface area contributed by atoms with Gasteiger partial charge in [-0.2, -0.15) is 0 Å². The molecule has 0 unspecified atom stereocenters. The number of aliphatic imine (C=N–C) groups is 1. The summed E-state index contributed by atoms with van der Waals surface area (Å²) in [5.74, 6) is 0. The molecule has 2 nitrogen and oxygen atoms in total. The number of rotatable bonds is 6. The molecule has 0 heterocycles. The van der Waals surface area contributed by atoms with E-state index in [2.05, 4.69) is 77.9 Å². The molecule has 0 amide bonds. The molecule has 0 atom stereocenters. The first kappa shape index (κ1) is 24.1. The Morgan fingerprint density at radius 3 is 1.69 bits per heavy atom. The highest BCUT2D eigenvalue weighted by atomic mass is 31.1. The van der Waals surface area contributed by atoms with Crippen molar-refractivity contribution in [2.75, 3.05) is 0 Å². The molecule has 32 heavy (non-hydrogen) atoms. The van der Waals surface area contributed by atoms with E-state index in [9.17, 15) is 0 Å². The molecule has 3 heteroatoms. The molecule has 0 aliphatic rings. The summed E-state index contributed by atoms with van der Waals surface area (Å²) in [6, 6.07) is 28.8. The quantitative estimate of drug-likeness (QED) is 0.297. The first-order chi connectivity index (χ1) is 15.1. The molecule has 0 spiro atoms. The van der Waals surface area contributed by atoms with Crippen LogP contribution in [0.15, 0.2) is 89.9 Å². The van der Waals surface area contributed by atoms with Crippen LogP contribution in [0.3, 0.4) is 0 Å². The topological polar surface area (TPSA) is 36.2 Å². The lowest BCUT2D eigenvalue weighted by molar-refractivity contribution is 0.715. The number of hydrogen-bond donors (Lipinski definition) is 1. The van der Waals surface area contributed by atoms with E-state index < -0.39 is 7.92 Å². The largest absolute Gasteiger partial charge is 0.304 e. The predicted octanol–water partition coefficient (Wildman–Crippen LogP) is 7.97. The number of nitrogens with zero attached hydrogens (tertiary/aromatic N) is 1. The highest BCUT2D eigenvalue weighted by molar-refractivity contribution is 7.68. The van der Waals surface area contributed by atoms with E-state index in [0.29, 0.717) is 12.1 Å². The van der Waals surface area contributed by atoms with Crippen LogP contribution < -0.4 is 5.30 Å². The fourth-order valence-electron chi connectivity index (χ4n) is 4.37. The van der Waals surface area contributed by atoms with Crippen LogP contribution >= 0.6 is 7.92 Å². The number of hydrogen-bond acceptors (Lipinski definition) is 2. The molecule has 0 aliphatic heterocycles. The lowest BCUT2D eigenvalue weighted by Gasteiger charge is -2.42. The molecule has 0 radical (unpaired) electrons. The molecule has 166 valence electrons. The first-order valence-corrected chi connectivity index (χ1v) is 12.6. The van der Waals surface area contributed by atoms with Gasteiger partial charge in [0.1, 0.15) is 0 Å². The molecule has 1 N–H and O–H groups in total. The predicted molar refractivity (Wildman–Crippen MR) is 143 cm³/mol. The van der Waals surface area contributed by atoms with Crippen molar-refractivity contribution in [3.8, 4) is 0 Å². The minimum Gasteiger partial charge on any atom is -0.304 e. The van der Waals surface area contributed by atoms with Crippen molar-refractivity contribution >= 4 is 30.3 Å². The van der Waals surface area contributed by atoms with Crippen LogP contribution in [0.2, 0.25) is 0 Å². The fraction of sp³-hybridized carbons (Fsp3) is 0.310. The van der Waals surface area contributed by atoms with E-state index in [-0.39, 0.29) is 10.3 Å². The Kier molecular flexibility index (Phi) is 7.47. The fourth-order valence-corrected chi connectivity index (χ4v) is 8.41. The molecule has 3 aromatic carbocycles. The molecule has 0 saturated heterocycles. The van der Waals surface area contributed by atoms with Gasteiger partial charge in [-0.05, 0) is 27.5 Å². The maximum absolute atomic E-state index is 8.74. The average Bonchev–Trinajstić information content (AvgIpc) is 2.74. The Labute approximate surface area is 195 Å². The standard InChI is InChI=1S/C29H35N2P/c1-28(2,3)32(29(4,5)6)27-20-14-13-19-25(27)31-26(23-17-11-8-12-18-23)21-24(30)22-15-9-7-10-16-22/h7-20,30H,21H2,1-6H3. The van der Waals surface area contributed by atoms with Crippen molar-refractivity contribution < 1.29 is 0 Å². The van der Waals surface area contributed by atoms with Gasteiger partial charge >= 0.3 is 0 Å². The third-order valence-electron chi connectivity index (χ3n) is 5.29. The average molecular weight is 443 g/mol. The van der Waals surface area contributed by atoms with Crippen molar-refractivity contribution in [1.29, 1.82) is 5.41 Å². The second-order valence-corrected chi connectivity index (χ2v) is 13.9. The zero-order valence-corrected chi connectivity index (χ0v) is 21.1. The zero-order chi connectivity index (χ0) is 23.4. The van der Waals surface area contributed by atoms with Crippen molar-refractivity contribution in [1.82, 2.24) is 0 Å². The number of benzene rings is 3. The van der Waals surface area contributed by atoms with Crippen molar-refractivity contribution in [3.63, 3.8) is 0 Å². The minimum atomic E-state index is -0.483. The van der Waals surface area contributed by atoms with Crippen LogP contribution in [0.4, 0.5) is 5.69 Å². The zero-order valence-electron chi connectivity index (χ0n) is 20.2. The maximum Gasteiger partial charge on any atom is 0.0710 e. The molecule has 3 rings (SSSR count). The van der Waals surface area contributed by atoms with Crippen LogP contribution in [0.5, 0.6) is 0 Å². The van der Waals surface area contributed by atoms with Crippen molar-refractivity contribution in [2.45, 2.75) is 58.3 Å². The van der Waals surface area contributed by atoms with Crippen LogP contribution in [0.25, 0.3) is 0 Å². The highest BCUT2D eigenvalue weighted by Gasteiger charge is 2.36. The number of para-hydroxylation sites is 1. The van der Waals surface area contributed by atoms with Crippen LogP contribution in [-0.4, -0.2) is 21.7 Å². The third kappa shape index (κ3) is 6.02. The van der Waals surface area contributed by atoms with E-state index >= 15 is 0 Å². The smallest absolute Gasteiger partial charge is 0.0710 e. The summed E-state index contributed by atoms with van der Waals surface area (Å²) in [7, 11) is -0.483. The van der Waals surface area contributed by atoms with Crippen molar-refractivity contribution in [2.24, 2.45) is 4.99 Å². The van der Waals surface area contributed by atoms with Gasteiger partial charge in [0.25, 0.3) is 0 Å². The van der Waals surface area contributed by atoms with Gasteiger partial charge in [0.2, 0.25) is 0 Å². The summed E-state index contributed by atoms with van der Waals surface area (Å²) in [6.45, 7) is 14.0. The van der Waals surface area contributed by atoms with Gasteiger partial charge in [0.15, 0.2) is 0 Å². The summed E-state index contributed by atoms with van der Waals surface area (Å²) in [5.41, 5.74) is 4.56. The van der Waals surface area contributed by atoms with Gasteiger partial charge in [-0.1, -0.05) is 128 Å².